The Bertz CT molecular complexity index is 554. The molecular formula is C10H7N3S. The molecule has 3 rings (SSSR count). The van der Waals surface area contributed by atoms with E-state index < -0.39 is 0 Å². The molecule has 3 nitrogen and oxygen atoms in total. The summed E-state index contributed by atoms with van der Waals surface area (Å²) < 4.78 is 2.97. The average molecular weight is 201 g/mol. The highest BCUT2D eigenvalue weighted by Gasteiger charge is 2.04. The largest absolute Gasteiger partial charge is 0.236 e. The predicted molar refractivity (Wildman–Crippen MR) is 56.7 cm³/mol. The molecule has 0 bridgehead atoms. The molecule has 0 aliphatic rings. The van der Waals surface area contributed by atoms with Crippen molar-refractivity contribution in [1.82, 2.24) is 14.8 Å². The van der Waals surface area contributed by atoms with Crippen LogP contribution in [0.5, 0.6) is 0 Å². The fraction of sp³-hybridized carbons (Fsp3) is 0. The molecule has 0 N–H and O–H groups in total. The number of fused-ring (bicyclic) bond motifs is 1. The summed E-state index contributed by atoms with van der Waals surface area (Å²) in [5, 5.41) is 7.46. The third-order valence-electron chi connectivity index (χ3n) is 2.07. The normalized spacial score (nSPS) is 10.9. The third-order valence-corrected chi connectivity index (χ3v) is 3.00. The minimum Gasteiger partial charge on any atom is -0.236 e. The smallest absolute Gasteiger partial charge is 0.171 e. The van der Waals surface area contributed by atoms with E-state index >= 15 is 0 Å². The molecule has 14 heavy (non-hydrogen) atoms. The van der Waals surface area contributed by atoms with Crippen LogP contribution in [0, 0.1) is 0 Å². The lowest BCUT2D eigenvalue weighted by atomic mass is 10.3. The van der Waals surface area contributed by atoms with Gasteiger partial charge in [-0.25, -0.2) is 9.67 Å². The van der Waals surface area contributed by atoms with Crippen molar-refractivity contribution in [3.05, 3.63) is 42.2 Å². The van der Waals surface area contributed by atoms with Gasteiger partial charge in [-0.15, -0.1) is 11.3 Å². The minimum absolute atomic E-state index is 0.905. The summed E-state index contributed by atoms with van der Waals surface area (Å²) in [6, 6.07) is 6.00. The van der Waals surface area contributed by atoms with Gasteiger partial charge in [-0.1, -0.05) is 0 Å². The monoisotopic (exact) mass is 201 g/mol. The van der Waals surface area contributed by atoms with Crippen LogP contribution in [0.15, 0.2) is 42.2 Å². The molecule has 0 saturated heterocycles. The number of thiophene rings is 1. The van der Waals surface area contributed by atoms with Gasteiger partial charge in [0, 0.05) is 18.6 Å². The molecule has 0 amide bonds. The Balaban J connectivity index is 2.36. The zero-order valence-corrected chi connectivity index (χ0v) is 8.11. The van der Waals surface area contributed by atoms with Gasteiger partial charge < -0.3 is 0 Å². The van der Waals surface area contributed by atoms with Crippen molar-refractivity contribution in [3.8, 4) is 5.82 Å². The molecule has 3 heterocycles. The van der Waals surface area contributed by atoms with Gasteiger partial charge in [-0.05, 0) is 29.0 Å². The maximum atomic E-state index is 4.33. The van der Waals surface area contributed by atoms with Crippen LogP contribution in [0.2, 0.25) is 0 Å². The van der Waals surface area contributed by atoms with Crippen molar-refractivity contribution in [2.24, 2.45) is 0 Å². The number of hydrogen-bond donors (Lipinski definition) is 0. The standard InChI is InChI=1S/C10H7N3S/c1-4-12-13(6-1)10-9-8(2-5-11-10)3-7-14-9/h1-7H. The zero-order chi connectivity index (χ0) is 9.38. The molecule has 0 unspecified atom stereocenters. The van der Waals surface area contributed by atoms with Gasteiger partial charge in [-0.3, -0.25) is 0 Å². The molecule has 0 fully saturated rings. The SMILES string of the molecule is c1cnn(-c2nccc3ccsc23)c1. The van der Waals surface area contributed by atoms with E-state index in [1.165, 1.54) is 10.1 Å². The number of nitrogens with zero attached hydrogens (tertiary/aromatic N) is 3. The Morgan fingerprint density at radius 3 is 3.07 bits per heavy atom. The lowest BCUT2D eigenvalue weighted by Crippen LogP contribution is -1.96. The van der Waals surface area contributed by atoms with Gasteiger partial charge in [-0.2, -0.15) is 5.10 Å². The lowest BCUT2D eigenvalue weighted by molar-refractivity contribution is 0.857. The highest BCUT2D eigenvalue weighted by Crippen LogP contribution is 2.24. The van der Waals surface area contributed by atoms with Crippen LogP contribution in [-0.2, 0) is 0 Å². The van der Waals surface area contributed by atoms with Crippen LogP contribution in [0.25, 0.3) is 15.9 Å². The summed E-state index contributed by atoms with van der Waals surface area (Å²) in [5.74, 6) is 0.905. The summed E-state index contributed by atoms with van der Waals surface area (Å²) in [4.78, 5) is 4.33. The van der Waals surface area contributed by atoms with Gasteiger partial charge in [0.15, 0.2) is 5.82 Å². The topological polar surface area (TPSA) is 30.7 Å². The first-order chi connectivity index (χ1) is 6.95. The van der Waals surface area contributed by atoms with Crippen LogP contribution in [-0.4, -0.2) is 14.8 Å². The fourth-order valence-corrected chi connectivity index (χ4v) is 2.31. The van der Waals surface area contributed by atoms with Crippen molar-refractivity contribution in [1.29, 1.82) is 0 Å². The van der Waals surface area contributed by atoms with E-state index in [9.17, 15) is 0 Å². The number of aromatic nitrogens is 3. The van der Waals surface area contributed by atoms with Crippen LogP contribution in [0.3, 0.4) is 0 Å². The Morgan fingerprint density at radius 1 is 1.21 bits per heavy atom. The van der Waals surface area contributed by atoms with E-state index in [1.807, 2.05) is 24.5 Å². The summed E-state index contributed by atoms with van der Waals surface area (Å²) in [5.41, 5.74) is 0. The van der Waals surface area contributed by atoms with Crippen molar-refractivity contribution >= 4 is 21.4 Å². The Morgan fingerprint density at radius 2 is 2.21 bits per heavy atom. The van der Waals surface area contributed by atoms with E-state index in [4.69, 9.17) is 0 Å². The maximum Gasteiger partial charge on any atom is 0.171 e. The predicted octanol–water partition coefficient (Wildman–Crippen LogP) is 2.48. The molecule has 0 aliphatic carbocycles. The van der Waals surface area contributed by atoms with Crippen molar-refractivity contribution in [2.75, 3.05) is 0 Å². The summed E-state index contributed by atoms with van der Waals surface area (Å²) >= 11 is 1.69. The lowest BCUT2D eigenvalue weighted by Gasteiger charge is -2.00. The van der Waals surface area contributed by atoms with Gasteiger partial charge >= 0.3 is 0 Å². The zero-order valence-electron chi connectivity index (χ0n) is 7.29. The Labute approximate surface area is 84.6 Å². The van der Waals surface area contributed by atoms with E-state index in [-0.39, 0.29) is 0 Å². The molecule has 0 aliphatic heterocycles. The van der Waals surface area contributed by atoms with Crippen molar-refractivity contribution in [3.63, 3.8) is 0 Å². The molecular weight excluding hydrogens is 194 g/mol. The van der Waals surface area contributed by atoms with Gasteiger partial charge in [0.2, 0.25) is 0 Å². The quantitative estimate of drug-likeness (QED) is 0.605. The van der Waals surface area contributed by atoms with E-state index in [1.54, 1.807) is 22.2 Å². The molecule has 0 spiro atoms. The van der Waals surface area contributed by atoms with Crippen molar-refractivity contribution in [2.45, 2.75) is 0 Å². The van der Waals surface area contributed by atoms with E-state index in [0.29, 0.717) is 0 Å². The average Bonchev–Trinajstić information content (AvgIpc) is 2.88. The van der Waals surface area contributed by atoms with Gasteiger partial charge in [0.05, 0.1) is 4.70 Å². The number of rotatable bonds is 1. The van der Waals surface area contributed by atoms with Gasteiger partial charge in [0.1, 0.15) is 0 Å². The van der Waals surface area contributed by atoms with Gasteiger partial charge in [0.25, 0.3) is 0 Å². The Hall–Kier alpha value is -1.68. The maximum absolute atomic E-state index is 4.33. The first kappa shape index (κ1) is 7.70. The number of pyridine rings is 1. The fourth-order valence-electron chi connectivity index (χ4n) is 1.44. The van der Waals surface area contributed by atoms with Crippen LogP contribution >= 0.6 is 11.3 Å². The summed E-state index contributed by atoms with van der Waals surface area (Å²) in [6.45, 7) is 0. The highest BCUT2D eigenvalue weighted by atomic mass is 32.1. The first-order valence-corrected chi connectivity index (χ1v) is 5.15. The third kappa shape index (κ3) is 1.04. The highest BCUT2D eigenvalue weighted by molar-refractivity contribution is 7.17. The molecule has 0 saturated carbocycles. The van der Waals surface area contributed by atoms with Crippen LogP contribution in [0.4, 0.5) is 0 Å². The molecule has 0 aromatic carbocycles. The van der Waals surface area contributed by atoms with Crippen LogP contribution < -0.4 is 0 Å². The second kappa shape index (κ2) is 2.92. The molecule has 3 aromatic rings. The van der Waals surface area contributed by atoms with E-state index in [2.05, 4.69) is 21.5 Å². The molecule has 0 radical (unpaired) electrons. The molecule has 4 heteroatoms. The molecule has 68 valence electrons. The molecule has 3 aromatic heterocycles. The van der Waals surface area contributed by atoms with Crippen molar-refractivity contribution < 1.29 is 0 Å². The summed E-state index contributed by atoms with van der Waals surface area (Å²) in [6.07, 6.45) is 5.47. The molecule has 0 atom stereocenters. The minimum atomic E-state index is 0.905. The Kier molecular flexibility index (Phi) is 1.61. The summed E-state index contributed by atoms with van der Waals surface area (Å²) in [7, 11) is 0. The van der Waals surface area contributed by atoms with E-state index in [0.717, 1.165) is 5.82 Å². The number of hydrogen-bond acceptors (Lipinski definition) is 3. The van der Waals surface area contributed by atoms with Crippen LogP contribution in [0.1, 0.15) is 0 Å². The second-order valence-electron chi connectivity index (χ2n) is 2.92. The second-order valence-corrected chi connectivity index (χ2v) is 3.84. The first-order valence-electron chi connectivity index (χ1n) is 4.27.